The van der Waals surface area contributed by atoms with Crippen LogP contribution < -0.4 is 4.90 Å². The van der Waals surface area contributed by atoms with Gasteiger partial charge in [-0.2, -0.15) is 5.26 Å². The van der Waals surface area contributed by atoms with Crippen LogP contribution in [0.25, 0.3) is 0 Å². The van der Waals surface area contributed by atoms with Crippen molar-refractivity contribution >= 4 is 16.5 Å². The highest BCUT2D eigenvalue weighted by atomic mass is 32.1. The second kappa shape index (κ2) is 5.99. The van der Waals surface area contributed by atoms with Crippen molar-refractivity contribution in [3.8, 4) is 6.07 Å². The van der Waals surface area contributed by atoms with E-state index in [0.29, 0.717) is 12.5 Å². The topological polar surface area (TPSA) is 43.2 Å². The fourth-order valence-electron chi connectivity index (χ4n) is 2.29. The highest BCUT2D eigenvalue weighted by molar-refractivity contribution is 7.13. The summed E-state index contributed by atoms with van der Waals surface area (Å²) < 4.78 is 0. The summed E-state index contributed by atoms with van der Waals surface area (Å²) in [6.07, 6.45) is 3.56. The van der Waals surface area contributed by atoms with Crippen molar-refractivity contribution in [2.24, 2.45) is 0 Å². The molecule has 17 heavy (non-hydrogen) atoms. The van der Waals surface area contributed by atoms with Crippen LogP contribution in [0.3, 0.4) is 0 Å². The molecule has 2 heterocycles. The summed E-state index contributed by atoms with van der Waals surface area (Å²) in [7, 11) is 0. The summed E-state index contributed by atoms with van der Waals surface area (Å²) in [5.41, 5.74) is 0. The number of hydrogen-bond acceptors (Lipinski definition) is 5. The number of rotatable bonds is 4. The molecule has 1 saturated heterocycles. The lowest BCUT2D eigenvalue weighted by Gasteiger charge is -2.38. The number of thiazole rings is 1. The number of piperazine rings is 1. The predicted molar refractivity (Wildman–Crippen MR) is 70.2 cm³/mol. The lowest BCUT2D eigenvalue weighted by atomic mass is 10.1. The predicted octanol–water partition coefficient (Wildman–Crippen LogP) is 1.96. The number of aromatic nitrogens is 1. The quantitative estimate of drug-likeness (QED) is 0.819. The van der Waals surface area contributed by atoms with Gasteiger partial charge >= 0.3 is 0 Å². The summed E-state index contributed by atoms with van der Waals surface area (Å²) in [5.74, 6) is 0. The Hall–Kier alpha value is -1.12. The Kier molecular flexibility index (Phi) is 4.35. The minimum absolute atomic E-state index is 0.429. The first kappa shape index (κ1) is 12.3. The number of nitriles is 1. The maximum absolute atomic E-state index is 8.81. The summed E-state index contributed by atoms with van der Waals surface area (Å²) in [4.78, 5) is 9.11. The van der Waals surface area contributed by atoms with Crippen LogP contribution in [0.15, 0.2) is 11.6 Å². The maximum atomic E-state index is 8.81. The average Bonchev–Trinajstić information content (AvgIpc) is 2.90. The van der Waals surface area contributed by atoms with Crippen molar-refractivity contribution < 1.29 is 0 Å². The van der Waals surface area contributed by atoms with Crippen LogP contribution in [0.1, 0.15) is 19.8 Å². The zero-order valence-electron chi connectivity index (χ0n) is 10.2. The Balaban J connectivity index is 1.87. The van der Waals surface area contributed by atoms with Crippen LogP contribution in [0.4, 0.5) is 5.13 Å². The Morgan fingerprint density at radius 3 is 2.76 bits per heavy atom. The van der Waals surface area contributed by atoms with Crippen molar-refractivity contribution in [1.29, 1.82) is 5.26 Å². The van der Waals surface area contributed by atoms with E-state index in [4.69, 9.17) is 5.26 Å². The van der Waals surface area contributed by atoms with Gasteiger partial charge in [0.15, 0.2) is 5.13 Å². The molecule has 4 nitrogen and oxygen atoms in total. The van der Waals surface area contributed by atoms with Gasteiger partial charge in [0.2, 0.25) is 0 Å². The molecule has 0 amide bonds. The van der Waals surface area contributed by atoms with Gasteiger partial charge in [-0.25, -0.2) is 4.98 Å². The largest absolute Gasteiger partial charge is 0.346 e. The molecule has 1 aromatic rings. The number of nitrogens with zero attached hydrogens (tertiary/aromatic N) is 4. The molecular formula is C12H18N4S. The van der Waals surface area contributed by atoms with E-state index in [1.54, 1.807) is 11.3 Å². The van der Waals surface area contributed by atoms with E-state index in [2.05, 4.69) is 27.8 Å². The Bertz CT molecular complexity index is 362. The maximum Gasteiger partial charge on any atom is 0.185 e. The smallest absolute Gasteiger partial charge is 0.185 e. The van der Waals surface area contributed by atoms with E-state index in [0.717, 1.165) is 37.7 Å². The van der Waals surface area contributed by atoms with Gasteiger partial charge in [-0.15, -0.1) is 11.3 Å². The van der Waals surface area contributed by atoms with Crippen molar-refractivity contribution in [3.05, 3.63) is 11.6 Å². The van der Waals surface area contributed by atoms with Crippen LogP contribution in [-0.2, 0) is 0 Å². The van der Waals surface area contributed by atoms with Crippen molar-refractivity contribution in [1.82, 2.24) is 9.88 Å². The summed E-state index contributed by atoms with van der Waals surface area (Å²) in [6, 6.07) is 2.72. The molecular weight excluding hydrogens is 232 g/mol. The highest BCUT2D eigenvalue weighted by Gasteiger charge is 2.23. The Labute approximate surface area is 106 Å². The minimum Gasteiger partial charge on any atom is -0.346 e. The van der Waals surface area contributed by atoms with Gasteiger partial charge in [-0.1, -0.05) is 6.92 Å². The molecule has 1 aromatic heterocycles. The molecule has 0 aliphatic carbocycles. The second-order valence-electron chi connectivity index (χ2n) is 4.26. The monoisotopic (exact) mass is 250 g/mol. The van der Waals surface area contributed by atoms with Gasteiger partial charge in [0.1, 0.15) is 0 Å². The van der Waals surface area contributed by atoms with Crippen LogP contribution in [0.5, 0.6) is 0 Å². The molecule has 1 aliphatic rings. The summed E-state index contributed by atoms with van der Waals surface area (Å²) in [6.45, 7) is 6.29. The van der Waals surface area contributed by atoms with Gasteiger partial charge in [0.05, 0.1) is 12.5 Å². The fraction of sp³-hybridized carbons (Fsp3) is 0.667. The molecule has 0 bridgehead atoms. The lowest BCUT2D eigenvalue weighted by Crippen LogP contribution is -2.50. The summed E-state index contributed by atoms with van der Waals surface area (Å²) >= 11 is 1.70. The van der Waals surface area contributed by atoms with Gasteiger partial charge in [0, 0.05) is 43.8 Å². The van der Waals surface area contributed by atoms with E-state index in [1.807, 2.05) is 11.6 Å². The number of hydrogen-bond donors (Lipinski definition) is 0. The standard InChI is InChI=1S/C12H18N4S/c1-2-11(3-4-13)15-6-8-16(9-7-15)12-14-5-10-17-12/h5,10-11H,2-3,6-9H2,1H3. The molecule has 0 spiro atoms. The molecule has 1 fully saturated rings. The van der Waals surface area contributed by atoms with E-state index < -0.39 is 0 Å². The average molecular weight is 250 g/mol. The molecule has 1 atom stereocenters. The molecule has 92 valence electrons. The van der Waals surface area contributed by atoms with E-state index >= 15 is 0 Å². The first-order valence-electron chi connectivity index (χ1n) is 6.10. The molecule has 0 aromatic carbocycles. The zero-order valence-corrected chi connectivity index (χ0v) is 11.0. The molecule has 1 unspecified atom stereocenters. The van der Waals surface area contributed by atoms with Crippen molar-refractivity contribution in [3.63, 3.8) is 0 Å². The van der Waals surface area contributed by atoms with E-state index in [-0.39, 0.29) is 0 Å². The molecule has 2 rings (SSSR count). The van der Waals surface area contributed by atoms with Gasteiger partial charge in [-0.3, -0.25) is 4.90 Å². The molecule has 0 radical (unpaired) electrons. The second-order valence-corrected chi connectivity index (χ2v) is 5.14. The fourth-order valence-corrected chi connectivity index (χ4v) is 2.98. The highest BCUT2D eigenvalue weighted by Crippen LogP contribution is 2.20. The third-order valence-electron chi connectivity index (χ3n) is 3.32. The van der Waals surface area contributed by atoms with Crippen LogP contribution >= 0.6 is 11.3 Å². The molecule has 0 N–H and O–H groups in total. The third-order valence-corrected chi connectivity index (χ3v) is 4.15. The van der Waals surface area contributed by atoms with Gasteiger partial charge < -0.3 is 4.90 Å². The normalized spacial score (nSPS) is 18.9. The first-order valence-corrected chi connectivity index (χ1v) is 6.98. The Morgan fingerprint density at radius 1 is 1.47 bits per heavy atom. The Morgan fingerprint density at radius 2 is 2.24 bits per heavy atom. The number of anilines is 1. The molecule has 5 heteroatoms. The van der Waals surface area contributed by atoms with Crippen LogP contribution in [0.2, 0.25) is 0 Å². The zero-order chi connectivity index (χ0) is 12.1. The van der Waals surface area contributed by atoms with Crippen LogP contribution in [0, 0.1) is 11.3 Å². The molecule has 0 saturated carbocycles. The first-order chi connectivity index (χ1) is 8.35. The van der Waals surface area contributed by atoms with Gasteiger partial charge in [-0.05, 0) is 6.42 Å². The third kappa shape index (κ3) is 2.96. The minimum atomic E-state index is 0.429. The van der Waals surface area contributed by atoms with E-state index in [1.165, 1.54) is 0 Å². The van der Waals surface area contributed by atoms with Crippen molar-refractivity contribution in [2.45, 2.75) is 25.8 Å². The SMILES string of the molecule is CCC(CC#N)N1CCN(c2nccs2)CC1. The van der Waals surface area contributed by atoms with Crippen LogP contribution in [-0.4, -0.2) is 42.1 Å². The van der Waals surface area contributed by atoms with Crippen molar-refractivity contribution in [2.75, 3.05) is 31.1 Å². The summed E-state index contributed by atoms with van der Waals surface area (Å²) in [5, 5.41) is 11.9. The van der Waals surface area contributed by atoms with Gasteiger partial charge in [0.25, 0.3) is 0 Å². The van der Waals surface area contributed by atoms with E-state index in [9.17, 15) is 0 Å². The lowest BCUT2D eigenvalue weighted by molar-refractivity contribution is 0.182. The molecule has 1 aliphatic heterocycles.